The average Bonchev–Trinajstić information content (AvgIpc) is 3.62. The minimum Gasteiger partial charge on any atom is -0.472 e. The molecule has 0 aliphatic carbocycles. The molecule has 0 fully saturated rings. The number of hydrogen-bond donors (Lipinski definition) is 3. The van der Waals surface area contributed by atoms with Crippen LogP contribution in [0.1, 0.15) is 20.8 Å². The lowest BCUT2D eigenvalue weighted by Gasteiger charge is -2.17. The first-order valence-electron chi connectivity index (χ1n) is 11.3. The number of rotatable bonds is 4. The van der Waals surface area contributed by atoms with Crippen LogP contribution in [0.15, 0.2) is 66.1 Å². The molecule has 0 spiro atoms. The third-order valence-electron chi connectivity index (χ3n) is 5.88. The second-order valence-corrected chi connectivity index (χ2v) is 9.54. The maximum atomic E-state index is 12.4. The Morgan fingerprint density at radius 1 is 1.00 bits per heavy atom. The first-order chi connectivity index (χ1) is 17.4. The molecule has 10 heteroatoms. The zero-order chi connectivity index (χ0) is 24.9. The minimum absolute atomic E-state index is 0.0821. The molecule has 10 nitrogen and oxygen atoms in total. The minimum atomic E-state index is -0.512. The quantitative estimate of drug-likeness (QED) is 0.316. The summed E-state index contributed by atoms with van der Waals surface area (Å²) in [5.41, 5.74) is 6.35. The number of furan rings is 1. The molecule has 0 unspecified atom stereocenters. The van der Waals surface area contributed by atoms with Crippen molar-refractivity contribution in [3.05, 3.63) is 61.7 Å². The van der Waals surface area contributed by atoms with Crippen LogP contribution in [0.3, 0.4) is 0 Å². The van der Waals surface area contributed by atoms with Gasteiger partial charge in [-0.3, -0.25) is 19.9 Å². The highest BCUT2D eigenvalue weighted by Crippen LogP contribution is 2.32. The Hall–Kier alpha value is -4.86. The Morgan fingerprint density at radius 3 is 2.64 bits per heavy atom. The lowest BCUT2D eigenvalue weighted by molar-refractivity contribution is -0.123. The van der Waals surface area contributed by atoms with Gasteiger partial charge in [0.15, 0.2) is 11.5 Å². The SMILES string of the molecule is CC(C)(C)C(=O)Nc1cncc(-c2cnc3[nH]nc(-c4nc5c(-c6ccoc6)cncc5[nH]4)c3c2)c1. The number of carbonyl (C=O) groups excluding carboxylic acids is 1. The van der Waals surface area contributed by atoms with Crippen molar-refractivity contribution in [1.82, 2.24) is 35.1 Å². The summed E-state index contributed by atoms with van der Waals surface area (Å²) >= 11 is 0. The van der Waals surface area contributed by atoms with Gasteiger partial charge in [0.2, 0.25) is 5.91 Å². The summed E-state index contributed by atoms with van der Waals surface area (Å²) in [6, 6.07) is 5.73. The van der Waals surface area contributed by atoms with Gasteiger partial charge in [-0.05, 0) is 18.2 Å². The molecule has 0 bridgehead atoms. The summed E-state index contributed by atoms with van der Waals surface area (Å²) in [7, 11) is 0. The molecule has 0 radical (unpaired) electrons. The highest BCUT2D eigenvalue weighted by atomic mass is 16.3. The topological polar surface area (TPSA) is 138 Å². The number of imidazole rings is 1. The smallest absolute Gasteiger partial charge is 0.229 e. The third kappa shape index (κ3) is 3.78. The van der Waals surface area contributed by atoms with Gasteiger partial charge in [-0.15, -0.1) is 0 Å². The van der Waals surface area contributed by atoms with Crippen molar-refractivity contribution in [2.75, 3.05) is 5.32 Å². The van der Waals surface area contributed by atoms with Gasteiger partial charge in [0.25, 0.3) is 0 Å². The Labute approximate surface area is 205 Å². The van der Waals surface area contributed by atoms with E-state index < -0.39 is 5.41 Å². The normalized spacial score (nSPS) is 11.9. The van der Waals surface area contributed by atoms with Crippen molar-refractivity contribution in [1.29, 1.82) is 0 Å². The van der Waals surface area contributed by atoms with Gasteiger partial charge in [0.1, 0.15) is 11.2 Å². The lowest BCUT2D eigenvalue weighted by atomic mass is 9.95. The van der Waals surface area contributed by atoms with Gasteiger partial charge in [-0.2, -0.15) is 5.10 Å². The average molecular weight is 479 g/mol. The molecule has 6 aromatic heterocycles. The van der Waals surface area contributed by atoms with Crippen molar-refractivity contribution in [3.63, 3.8) is 0 Å². The molecule has 6 rings (SSSR count). The summed E-state index contributed by atoms with van der Waals surface area (Å²) in [5, 5.41) is 11.2. The van der Waals surface area contributed by atoms with E-state index in [2.05, 4.69) is 35.5 Å². The predicted molar refractivity (Wildman–Crippen MR) is 136 cm³/mol. The van der Waals surface area contributed by atoms with Crippen LogP contribution >= 0.6 is 0 Å². The van der Waals surface area contributed by atoms with Crippen LogP contribution < -0.4 is 5.32 Å². The van der Waals surface area contributed by atoms with Gasteiger partial charge < -0.3 is 14.7 Å². The molecular formula is C26H22N8O2. The van der Waals surface area contributed by atoms with E-state index in [0.717, 1.165) is 38.7 Å². The van der Waals surface area contributed by atoms with Crippen LogP contribution in [-0.2, 0) is 4.79 Å². The monoisotopic (exact) mass is 478 g/mol. The van der Waals surface area contributed by atoms with E-state index in [4.69, 9.17) is 9.40 Å². The molecule has 0 aliphatic heterocycles. The summed E-state index contributed by atoms with van der Waals surface area (Å²) < 4.78 is 5.24. The second kappa shape index (κ2) is 8.12. The number of anilines is 1. The molecule has 6 heterocycles. The fourth-order valence-corrected chi connectivity index (χ4v) is 3.90. The van der Waals surface area contributed by atoms with Gasteiger partial charge in [0, 0.05) is 46.3 Å². The first kappa shape index (κ1) is 21.7. The summed E-state index contributed by atoms with van der Waals surface area (Å²) in [5.74, 6) is 0.513. The number of carbonyl (C=O) groups is 1. The number of fused-ring (bicyclic) bond motifs is 2. The van der Waals surface area contributed by atoms with Crippen LogP contribution in [0, 0.1) is 5.41 Å². The zero-order valence-corrected chi connectivity index (χ0v) is 19.8. The Morgan fingerprint density at radius 2 is 1.83 bits per heavy atom. The van der Waals surface area contributed by atoms with Crippen LogP contribution in [0.5, 0.6) is 0 Å². The largest absolute Gasteiger partial charge is 0.472 e. The van der Waals surface area contributed by atoms with Crippen molar-refractivity contribution < 1.29 is 9.21 Å². The first-order valence-corrected chi connectivity index (χ1v) is 11.3. The van der Waals surface area contributed by atoms with Crippen molar-refractivity contribution in [3.8, 4) is 33.8 Å². The Kier molecular flexibility index (Phi) is 4.89. The molecule has 0 aliphatic rings. The molecule has 1 amide bonds. The molecule has 3 N–H and O–H groups in total. The second-order valence-electron chi connectivity index (χ2n) is 9.54. The number of aromatic amines is 2. The van der Waals surface area contributed by atoms with E-state index in [0.29, 0.717) is 22.9 Å². The van der Waals surface area contributed by atoms with E-state index in [9.17, 15) is 4.79 Å². The van der Waals surface area contributed by atoms with Crippen LogP contribution in [0.25, 0.3) is 55.8 Å². The van der Waals surface area contributed by atoms with Gasteiger partial charge in [-0.1, -0.05) is 20.8 Å². The van der Waals surface area contributed by atoms with Crippen molar-refractivity contribution in [2.24, 2.45) is 5.41 Å². The van der Waals surface area contributed by atoms with E-state index in [1.54, 1.807) is 43.5 Å². The van der Waals surface area contributed by atoms with Crippen molar-refractivity contribution >= 4 is 33.7 Å². The van der Waals surface area contributed by atoms with Crippen LogP contribution in [-0.4, -0.2) is 41.0 Å². The summed E-state index contributed by atoms with van der Waals surface area (Å²) in [6.45, 7) is 5.60. The molecule has 0 saturated carbocycles. The third-order valence-corrected chi connectivity index (χ3v) is 5.88. The zero-order valence-electron chi connectivity index (χ0n) is 19.8. The van der Waals surface area contributed by atoms with Crippen molar-refractivity contribution in [2.45, 2.75) is 20.8 Å². The van der Waals surface area contributed by atoms with Gasteiger partial charge >= 0.3 is 0 Å². The highest BCUT2D eigenvalue weighted by molar-refractivity contribution is 5.97. The van der Waals surface area contributed by atoms with Crippen LogP contribution in [0.4, 0.5) is 5.69 Å². The molecule has 0 atom stereocenters. The molecule has 36 heavy (non-hydrogen) atoms. The lowest BCUT2D eigenvalue weighted by Crippen LogP contribution is -2.27. The number of hydrogen-bond acceptors (Lipinski definition) is 7. The fraction of sp³-hybridized carbons (Fsp3) is 0.154. The number of nitrogens with one attached hydrogen (secondary N) is 3. The maximum absolute atomic E-state index is 12.4. The van der Waals surface area contributed by atoms with E-state index in [1.807, 2.05) is 39.0 Å². The predicted octanol–water partition coefficient (Wildman–Crippen LogP) is 5.20. The van der Waals surface area contributed by atoms with E-state index in [-0.39, 0.29) is 5.91 Å². The summed E-state index contributed by atoms with van der Waals surface area (Å²) in [6.07, 6.45) is 11.9. The number of nitrogens with zero attached hydrogens (tertiary/aromatic N) is 5. The molecular weight excluding hydrogens is 456 g/mol. The number of amides is 1. The summed E-state index contributed by atoms with van der Waals surface area (Å²) in [4.78, 5) is 33.7. The standard InChI is InChI=1S/C26H22N8O2/c1-26(2,3)25(35)30-17-6-15(8-27-10-17)16-7-18-22(33-34-23(18)29-9-16)24-31-20-12-28-11-19(21(20)32-24)14-4-5-36-13-14/h4-13H,1-3H3,(H,30,35)(H,31,32)(H,29,33,34). The Balaban J connectivity index is 1.40. The number of aromatic nitrogens is 7. The van der Waals surface area contributed by atoms with Gasteiger partial charge in [-0.25, -0.2) is 9.97 Å². The van der Waals surface area contributed by atoms with Gasteiger partial charge in [0.05, 0.1) is 41.5 Å². The molecule has 178 valence electrons. The number of H-pyrrole nitrogens is 2. The van der Waals surface area contributed by atoms with E-state index in [1.165, 1.54) is 0 Å². The fourth-order valence-electron chi connectivity index (χ4n) is 3.90. The number of pyridine rings is 3. The molecule has 0 aromatic carbocycles. The molecule has 0 saturated heterocycles. The Bertz CT molecular complexity index is 1720. The maximum Gasteiger partial charge on any atom is 0.229 e. The van der Waals surface area contributed by atoms with Crippen LogP contribution in [0.2, 0.25) is 0 Å². The van der Waals surface area contributed by atoms with E-state index >= 15 is 0 Å². The molecule has 6 aromatic rings. The highest BCUT2D eigenvalue weighted by Gasteiger charge is 2.21.